The van der Waals surface area contributed by atoms with Gasteiger partial charge in [-0.1, -0.05) is 12.1 Å². The average molecular weight is 473 g/mol. The summed E-state index contributed by atoms with van der Waals surface area (Å²) in [5, 5.41) is 6.94. The van der Waals surface area contributed by atoms with E-state index < -0.39 is 5.91 Å². The summed E-state index contributed by atoms with van der Waals surface area (Å²) in [6.45, 7) is 1.23. The Hall–Kier alpha value is -3.11. The standard InChI is InChI=1S/C22H21FN4O3S2/c23-15-3-1-13(2-4-15)11-18(28)27-8-5-14(6-9-27)22-26-17(12-32-22)21(30)25-16-7-10-31-19(16)20(24)29/h1-4,7,10,12,14H,5-6,8-9,11H2,(H2,24,29)(H,25,30). The van der Waals surface area contributed by atoms with Crippen LogP contribution in [0.3, 0.4) is 0 Å². The molecule has 0 radical (unpaired) electrons. The van der Waals surface area contributed by atoms with Crippen LogP contribution in [0.25, 0.3) is 0 Å². The number of carbonyl (C=O) groups is 3. The molecule has 0 saturated carbocycles. The molecule has 4 rings (SSSR count). The van der Waals surface area contributed by atoms with Crippen LogP contribution < -0.4 is 11.1 Å². The van der Waals surface area contributed by atoms with Gasteiger partial charge in [0.05, 0.1) is 17.1 Å². The van der Waals surface area contributed by atoms with E-state index in [1.165, 1.54) is 34.8 Å². The number of thiazole rings is 1. The Bertz CT molecular complexity index is 1130. The van der Waals surface area contributed by atoms with E-state index in [0.29, 0.717) is 29.3 Å². The molecule has 0 atom stereocenters. The molecule has 1 aliphatic heterocycles. The Morgan fingerprint density at radius 3 is 2.53 bits per heavy atom. The van der Waals surface area contributed by atoms with Gasteiger partial charge in [-0.3, -0.25) is 14.4 Å². The summed E-state index contributed by atoms with van der Waals surface area (Å²) >= 11 is 2.59. The number of nitrogens with zero attached hydrogens (tertiary/aromatic N) is 2. The average Bonchev–Trinajstić information content (AvgIpc) is 3.45. The van der Waals surface area contributed by atoms with Crippen LogP contribution in [0.15, 0.2) is 41.1 Å². The normalized spacial score (nSPS) is 14.3. The van der Waals surface area contributed by atoms with Gasteiger partial charge in [0.2, 0.25) is 5.91 Å². The maximum atomic E-state index is 13.0. The monoisotopic (exact) mass is 472 g/mol. The van der Waals surface area contributed by atoms with E-state index >= 15 is 0 Å². The first-order valence-electron chi connectivity index (χ1n) is 10.1. The Morgan fingerprint density at radius 1 is 1.12 bits per heavy atom. The third-order valence-corrected chi connectivity index (χ3v) is 7.29. The summed E-state index contributed by atoms with van der Waals surface area (Å²) in [4.78, 5) is 43.1. The summed E-state index contributed by atoms with van der Waals surface area (Å²) in [6, 6.07) is 7.61. The second-order valence-corrected chi connectivity index (χ2v) is 9.32. The van der Waals surface area contributed by atoms with Gasteiger partial charge in [0.1, 0.15) is 16.4 Å². The highest BCUT2D eigenvalue weighted by molar-refractivity contribution is 7.12. The van der Waals surface area contributed by atoms with E-state index in [0.717, 1.165) is 23.4 Å². The number of aromatic nitrogens is 1. The van der Waals surface area contributed by atoms with Crippen LogP contribution >= 0.6 is 22.7 Å². The lowest BCUT2D eigenvalue weighted by Crippen LogP contribution is -2.38. The molecular weight excluding hydrogens is 451 g/mol. The molecule has 166 valence electrons. The van der Waals surface area contributed by atoms with Crippen molar-refractivity contribution >= 4 is 46.1 Å². The van der Waals surface area contributed by atoms with Crippen molar-refractivity contribution in [2.45, 2.75) is 25.2 Å². The highest BCUT2D eigenvalue weighted by Gasteiger charge is 2.26. The molecule has 0 aliphatic carbocycles. The lowest BCUT2D eigenvalue weighted by molar-refractivity contribution is -0.131. The molecule has 3 heterocycles. The molecule has 0 unspecified atom stereocenters. The Kier molecular flexibility index (Phi) is 6.61. The summed E-state index contributed by atoms with van der Waals surface area (Å²) in [6.07, 6.45) is 1.78. The molecular formula is C22H21FN4O3S2. The SMILES string of the molecule is NC(=O)c1sccc1NC(=O)c1csc(C2CCN(C(=O)Cc3ccc(F)cc3)CC2)n1. The van der Waals surface area contributed by atoms with Gasteiger partial charge in [0.25, 0.3) is 11.8 Å². The molecule has 10 heteroatoms. The number of hydrogen-bond acceptors (Lipinski definition) is 6. The van der Waals surface area contributed by atoms with Crippen molar-refractivity contribution in [1.29, 1.82) is 0 Å². The summed E-state index contributed by atoms with van der Waals surface area (Å²) in [5.74, 6) is -1.09. The molecule has 7 nitrogen and oxygen atoms in total. The van der Waals surface area contributed by atoms with Crippen molar-refractivity contribution in [3.63, 3.8) is 0 Å². The van der Waals surface area contributed by atoms with Crippen LogP contribution in [0.2, 0.25) is 0 Å². The number of piperidine rings is 1. The first-order chi connectivity index (χ1) is 15.4. The van der Waals surface area contributed by atoms with Crippen LogP contribution in [0.5, 0.6) is 0 Å². The number of benzene rings is 1. The maximum absolute atomic E-state index is 13.0. The van der Waals surface area contributed by atoms with E-state index in [-0.39, 0.29) is 30.0 Å². The van der Waals surface area contributed by atoms with Gasteiger partial charge in [-0.15, -0.1) is 22.7 Å². The number of likely N-dealkylation sites (tertiary alicyclic amines) is 1. The van der Waals surface area contributed by atoms with Crippen LogP contribution in [0, 0.1) is 5.82 Å². The second-order valence-electron chi connectivity index (χ2n) is 7.51. The number of nitrogens with one attached hydrogen (secondary N) is 1. The third-order valence-electron chi connectivity index (χ3n) is 5.36. The number of rotatable bonds is 6. The van der Waals surface area contributed by atoms with Gasteiger partial charge in [0.15, 0.2) is 0 Å². The number of anilines is 1. The predicted octanol–water partition coefficient (Wildman–Crippen LogP) is 3.64. The third kappa shape index (κ3) is 5.03. The zero-order chi connectivity index (χ0) is 22.7. The van der Waals surface area contributed by atoms with Crippen LogP contribution in [-0.2, 0) is 11.2 Å². The Labute approximate surface area is 192 Å². The molecule has 1 aromatic carbocycles. The lowest BCUT2D eigenvalue weighted by atomic mass is 9.97. The molecule has 32 heavy (non-hydrogen) atoms. The topological polar surface area (TPSA) is 105 Å². The van der Waals surface area contributed by atoms with Crippen molar-refractivity contribution in [2.24, 2.45) is 5.73 Å². The van der Waals surface area contributed by atoms with Gasteiger partial charge >= 0.3 is 0 Å². The number of primary amides is 1. The smallest absolute Gasteiger partial charge is 0.275 e. The molecule has 3 amide bonds. The van der Waals surface area contributed by atoms with Gasteiger partial charge in [0, 0.05) is 24.4 Å². The minimum atomic E-state index is -0.588. The van der Waals surface area contributed by atoms with Crippen LogP contribution in [0.4, 0.5) is 10.1 Å². The molecule has 0 spiro atoms. The van der Waals surface area contributed by atoms with Gasteiger partial charge in [-0.05, 0) is 42.0 Å². The molecule has 3 N–H and O–H groups in total. The first-order valence-corrected chi connectivity index (χ1v) is 11.8. The van der Waals surface area contributed by atoms with Gasteiger partial charge in [-0.25, -0.2) is 9.37 Å². The van der Waals surface area contributed by atoms with E-state index in [2.05, 4.69) is 10.3 Å². The number of nitrogens with two attached hydrogens (primary N) is 1. The number of halogens is 1. The van der Waals surface area contributed by atoms with Crippen molar-refractivity contribution in [2.75, 3.05) is 18.4 Å². The number of amides is 3. The van der Waals surface area contributed by atoms with Crippen molar-refractivity contribution in [3.8, 4) is 0 Å². The van der Waals surface area contributed by atoms with E-state index in [4.69, 9.17) is 5.73 Å². The summed E-state index contributed by atoms with van der Waals surface area (Å²) in [7, 11) is 0. The van der Waals surface area contributed by atoms with Crippen molar-refractivity contribution in [1.82, 2.24) is 9.88 Å². The zero-order valence-electron chi connectivity index (χ0n) is 17.0. The fourth-order valence-corrected chi connectivity index (χ4v) is 5.30. The fourth-order valence-electron chi connectivity index (χ4n) is 3.63. The second kappa shape index (κ2) is 9.58. The first kappa shape index (κ1) is 22.1. The van der Waals surface area contributed by atoms with E-state index in [9.17, 15) is 18.8 Å². The summed E-state index contributed by atoms with van der Waals surface area (Å²) in [5.41, 5.74) is 6.79. The molecule has 0 bridgehead atoms. The van der Waals surface area contributed by atoms with Crippen LogP contribution in [-0.4, -0.2) is 40.7 Å². The Morgan fingerprint density at radius 2 is 1.84 bits per heavy atom. The number of carbonyl (C=O) groups excluding carboxylic acids is 3. The lowest BCUT2D eigenvalue weighted by Gasteiger charge is -2.31. The fraction of sp³-hybridized carbons (Fsp3) is 0.273. The highest BCUT2D eigenvalue weighted by Crippen LogP contribution is 2.31. The number of hydrogen-bond donors (Lipinski definition) is 2. The molecule has 1 fully saturated rings. The van der Waals surface area contributed by atoms with Crippen LogP contribution in [0.1, 0.15) is 49.5 Å². The molecule has 1 saturated heterocycles. The molecule has 3 aromatic rings. The summed E-state index contributed by atoms with van der Waals surface area (Å²) < 4.78 is 13.0. The highest BCUT2D eigenvalue weighted by atomic mass is 32.1. The minimum Gasteiger partial charge on any atom is -0.365 e. The van der Waals surface area contributed by atoms with Gasteiger partial charge < -0.3 is 16.0 Å². The quantitative estimate of drug-likeness (QED) is 0.571. The number of thiophene rings is 1. The molecule has 2 aromatic heterocycles. The minimum absolute atomic E-state index is 0.0234. The van der Waals surface area contributed by atoms with Crippen molar-refractivity contribution < 1.29 is 18.8 Å². The van der Waals surface area contributed by atoms with Gasteiger partial charge in [-0.2, -0.15) is 0 Å². The largest absolute Gasteiger partial charge is 0.365 e. The predicted molar refractivity (Wildman–Crippen MR) is 122 cm³/mol. The maximum Gasteiger partial charge on any atom is 0.275 e. The Balaban J connectivity index is 1.32. The zero-order valence-corrected chi connectivity index (χ0v) is 18.7. The van der Waals surface area contributed by atoms with E-state index in [1.54, 1.807) is 29.0 Å². The van der Waals surface area contributed by atoms with E-state index in [1.807, 2.05) is 4.90 Å². The molecule has 1 aliphatic rings. The van der Waals surface area contributed by atoms with Crippen molar-refractivity contribution in [3.05, 3.63) is 68.1 Å².